The molecule has 1 aromatic heterocycles. The third kappa shape index (κ3) is 4.76. The van der Waals surface area contributed by atoms with Crippen LogP contribution in [-0.4, -0.2) is 50.6 Å². The lowest BCUT2D eigenvalue weighted by Crippen LogP contribution is -2.32. The molecule has 0 aliphatic rings. The van der Waals surface area contributed by atoms with E-state index in [0.717, 1.165) is 13.1 Å². The van der Waals surface area contributed by atoms with Gasteiger partial charge in [0.2, 0.25) is 0 Å². The largest absolute Gasteiger partial charge is 0.329 e. The molecule has 1 atom stereocenters. The van der Waals surface area contributed by atoms with Gasteiger partial charge >= 0.3 is 0 Å². The van der Waals surface area contributed by atoms with Crippen LogP contribution in [0.1, 0.15) is 22.2 Å². The normalized spacial score (nSPS) is 13.6. The fourth-order valence-electron chi connectivity index (χ4n) is 1.94. The molecule has 0 saturated carbocycles. The lowest BCUT2D eigenvalue weighted by molar-refractivity contribution is 0.238. The first-order valence-electron chi connectivity index (χ1n) is 6.16. The molecule has 1 unspecified atom stereocenters. The van der Waals surface area contributed by atoms with E-state index in [4.69, 9.17) is 5.73 Å². The first-order chi connectivity index (χ1) is 8.04. The molecular formula is C13H25N3S. The zero-order valence-corrected chi connectivity index (χ0v) is 12.3. The zero-order valence-electron chi connectivity index (χ0n) is 11.4. The summed E-state index contributed by atoms with van der Waals surface area (Å²) in [7, 11) is 6.40. The summed E-state index contributed by atoms with van der Waals surface area (Å²) in [5, 5.41) is 0. The van der Waals surface area contributed by atoms with E-state index in [1.54, 1.807) is 0 Å². The van der Waals surface area contributed by atoms with Crippen LogP contribution >= 0.6 is 11.3 Å². The van der Waals surface area contributed by atoms with Gasteiger partial charge < -0.3 is 10.6 Å². The van der Waals surface area contributed by atoms with Gasteiger partial charge in [0.05, 0.1) is 6.04 Å². The number of aryl methyl sites for hydroxylation is 1. The van der Waals surface area contributed by atoms with Gasteiger partial charge in [0.1, 0.15) is 0 Å². The van der Waals surface area contributed by atoms with Gasteiger partial charge in [-0.2, -0.15) is 0 Å². The molecule has 4 heteroatoms. The Balaban J connectivity index is 2.49. The average molecular weight is 255 g/mol. The summed E-state index contributed by atoms with van der Waals surface area (Å²) in [5.74, 6) is 0. The van der Waals surface area contributed by atoms with Gasteiger partial charge in [-0.05, 0) is 59.7 Å². The first-order valence-corrected chi connectivity index (χ1v) is 6.97. The maximum Gasteiger partial charge on any atom is 0.0561 e. The van der Waals surface area contributed by atoms with E-state index in [9.17, 15) is 0 Å². The van der Waals surface area contributed by atoms with Crippen LogP contribution in [0.15, 0.2) is 12.1 Å². The summed E-state index contributed by atoms with van der Waals surface area (Å²) in [5.41, 5.74) is 5.90. The number of nitrogens with two attached hydrogens (primary N) is 1. The van der Waals surface area contributed by atoms with Crippen LogP contribution in [0, 0.1) is 6.92 Å². The molecule has 0 spiro atoms. The van der Waals surface area contributed by atoms with Gasteiger partial charge in [-0.3, -0.25) is 4.90 Å². The summed E-state index contributed by atoms with van der Waals surface area (Å²) in [6, 6.07) is 4.76. The Bertz CT molecular complexity index is 322. The molecule has 1 rings (SSSR count). The zero-order chi connectivity index (χ0) is 12.8. The van der Waals surface area contributed by atoms with Crippen molar-refractivity contribution in [3.63, 3.8) is 0 Å². The maximum absolute atomic E-state index is 5.90. The second-order valence-corrected chi connectivity index (χ2v) is 6.16. The summed E-state index contributed by atoms with van der Waals surface area (Å²) in [6.07, 6.45) is 1.18. The van der Waals surface area contributed by atoms with E-state index in [1.807, 2.05) is 11.3 Å². The van der Waals surface area contributed by atoms with Crippen molar-refractivity contribution in [2.45, 2.75) is 19.4 Å². The summed E-state index contributed by atoms with van der Waals surface area (Å²) >= 11 is 1.86. The van der Waals surface area contributed by atoms with Gasteiger partial charge in [-0.15, -0.1) is 11.3 Å². The van der Waals surface area contributed by atoms with Crippen LogP contribution in [0.4, 0.5) is 0 Å². The smallest absolute Gasteiger partial charge is 0.0561 e. The topological polar surface area (TPSA) is 32.5 Å². The SMILES string of the molecule is Cc1ccc(C(CN)N(C)CCCN(C)C)s1. The minimum Gasteiger partial charge on any atom is -0.329 e. The van der Waals surface area contributed by atoms with Crippen molar-refractivity contribution in [3.8, 4) is 0 Å². The monoisotopic (exact) mass is 255 g/mol. The molecule has 0 fully saturated rings. The Morgan fingerprint density at radius 3 is 2.41 bits per heavy atom. The van der Waals surface area contributed by atoms with Gasteiger partial charge in [-0.1, -0.05) is 0 Å². The average Bonchev–Trinajstić information content (AvgIpc) is 2.65. The number of rotatable bonds is 7. The van der Waals surface area contributed by atoms with Crippen molar-refractivity contribution in [2.75, 3.05) is 40.8 Å². The molecule has 3 nitrogen and oxygen atoms in total. The standard InChI is InChI=1S/C13H25N3S/c1-11-6-7-13(17-11)12(10-14)16(4)9-5-8-15(2)3/h6-7,12H,5,8-10,14H2,1-4H3. The van der Waals surface area contributed by atoms with Crippen LogP contribution in [0.3, 0.4) is 0 Å². The molecule has 0 aliphatic carbocycles. The van der Waals surface area contributed by atoms with Crippen molar-refractivity contribution >= 4 is 11.3 Å². The summed E-state index contributed by atoms with van der Waals surface area (Å²) < 4.78 is 0. The van der Waals surface area contributed by atoms with Gasteiger partial charge in [0.15, 0.2) is 0 Å². The quantitative estimate of drug-likeness (QED) is 0.808. The maximum atomic E-state index is 5.90. The van der Waals surface area contributed by atoms with E-state index in [0.29, 0.717) is 12.6 Å². The van der Waals surface area contributed by atoms with Gasteiger partial charge in [-0.25, -0.2) is 0 Å². The second-order valence-electron chi connectivity index (χ2n) is 4.84. The van der Waals surface area contributed by atoms with Crippen molar-refractivity contribution in [1.82, 2.24) is 9.80 Å². The minimum atomic E-state index is 0.371. The van der Waals surface area contributed by atoms with Crippen molar-refractivity contribution < 1.29 is 0 Å². The third-order valence-corrected chi connectivity index (χ3v) is 4.06. The molecule has 1 heterocycles. The summed E-state index contributed by atoms with van der Waals surface area (Å²) in [4.78, 5) is 7.34. The lowest BCUT2D eigenvalue weighted by Gasteiger charge is -2.26. The molecule has 2 N–H and O–H groups in total. The molecule has 0 aromatic carbocycles. The minimum absolute atomic E-state index is 0.371. The highest BCUT2D eigenvalue weighted by Gasteiger charge is 2.16. The van der Waals surface area contributed by atoms with Crippen LogP contribution in [-0.2, 0) is 0 Å². The highest BCUT2D eigenvalue weighted by Crippen LogP contribution is 2.25. The Labute approximate surface area is 109 Å². The second kappa shape index (κ2) is 7.11. The van der Waals surface area contributed by atoms with Crippen LogP contribution in [0.5, 0.6) is 0 Å². The highest BCUT2D eigenvalue weighted by molar-refractivity contribution is 7.12. The fourth-order valence-corrected chi connectivity index (χ4v) is 2.99. The van der Waals surface area contributed by atoms with E-state index in [2.05, 4.69) is 50.0 Å². The molecule has 17 heavy (non-hydrogen) atoms. The molecule has 0 saturated heterocycles. The molecule has 0 radical (unpaired) electrons. The predicted molar refractivity (Wildman–Crippen MR) is 76.7 cm³/mol. The molecule has 0 aliphatic heterocycles. The Morgan fingerprint density at radius 1 is 1.24 bits per heavy atom. The molecular weight excluding hydrogens is 230 g/mol. The Hall–Kier alpha value is -0.420. The number of likely N-dealkylation sites (N-methyl/N-ethyl adjacent to an activating group) is 1. The highest BCUT2D eigenvalue weighted by atomic mass is 32.1. The lowest BCUT2D eigenvalue weighted by atomic mass is 10.2. The number of nitrogens with zero attached hydrogens (tertiary/aromatic N) is 2. The van der Waals surface area contributed by atoms with Crippen molar-refractivity contribution in [2.24, 2.45) is 5.73 Å². The Morgan fingerprint density at radius 2 is 1.94 bits per heavy atom. The van der Waals surface area contributed by atoms with Crippen LogP contribution < -0.4 is 5.73 Å². The van der Waals surface area contributed by atoms with Crippen LogP contribution in [0.25, 0.3) is 0 Å². The molecule has 98 valence electrons. The molecule has 0 bridgehead atoms. The van der Waals surface area contributed by atoms with E-state index in [1.165, 1.54) is 16.2 Å². The number of hydrogen-bond donors (Lipinski definition) is 1. The van der Waals surface area contributed by atoms with Gasteiger partial charge in [0.25, 0.3) is 0 Å². The van der Waals surface area contributed by atoms with E-state index >= 15 is 0 Å². The van der Waals surface area contributed by atoms with E-state index < -0.39 is 0 Å². The summed E-state index contributed by atoms with van der Waals surface area (Å²) in [6.45, 7) is 5.06. The molecule has 1 aromatic rings. The first kappa shape index (κ1) is 14.6. The number of hydrogen-bond acceptors (Lipinski definition) is 4. The van der Waals surface area contributed by atoms with Gasteiger partial charge in [0, 0.05) is 16.3 Å². The van der Waals surface area contributed by atoms with Crippen molar-refractivity contribution in [1.29, 1.82) is 0 Å². The Kier molecular flexibility index (Phi) is 6.12. The number of thiophene rings is 1. The van der Waals surface area contributed by atoms with Crippen LogP contribution in [0.2, 0.25) is 0 Å². The molecule has 0 amide bonds. The van der Waals surface area contributed by atoms with E-state index in [-0.39, 0.29) is 0 Å². The fraction of sp³-hybridized carbons (Fsp3) is 0.692. The predicted octanol–water partition coefficient (Wildman–Crippen LogP) is 1.94. The third-order valence-electron chi connectivity index (χ3n) is 2.96. The van der Waals surface area contributed by atoms with Crippen molar-refractivity contribution in [3.05, 3.63) is 21.9 Å².